The summed E-state index contributed by atoms with van der Waals surface area (Å²) >= 11 is 7.50. The van der Waals surface area contributed by atoms with Crippen molar-refractivity contribution in [2.75, 3.05) is 24.6 Å². The van der Waals surface area contributed by atoms with Crippen molar-refractivity contribution in [3.63, 3.8) is 0 Å². The molecule has 0 unspecified atom stereocenters. The van der Waals surface area contributed by atoms with Crippen molar-refractivity contribution in [1.82, 2.24) is 4.90 Å². The largest absolute Gasteiger partial charge is 0.497 e. The van der Waals surface area contributed by atoms with Gasteiger partial charge in [0, 0.05) is 23.0 Å². The molecule has 2 heterocycles. The number of anilines is 1. The summed E-state index contributed by atoms with van der Waals surface area (Å²) < 4.78 is 5.21. The molecule has 0 N–H and O–H groups in total. The van der Waals surface area contributed by atoms with E-state index < -0.39 is 0 Å². The fraction of sp³-hybridized carbons (Fsp3) is 0.238. The van der Waals surface area contributed by atoms with Gasteiger partial charge in [0.25, 0.3) is 0 Å². The summed E-state index contributed by atoms with van der Waals surface area (Å²) in [6.07, 6.45) is 0.285. The number of carbonyl (C=O) groups is 1. The van der Waals surface area contributed by atoms with E-state index >= 15 is 0 Å². The minimum atomic E-state index is -0.218. The molecule has 0 aromatic heterocycles. The van der Waals surface area contributed by atoms with Gasteiger partial charge in [0.2, 0.25) is 5.91 Å². The Morgan fingerprint density at radius 3 is 2.54 bits per heavy atom. The Bertz CT molecular complexity index is 967. The average molecular weight is 412 g/mol. The van der Waals surface area contributed by atoms with Crippen LogP contribution in [0, 0.1) is 11.3 Å². The number of amides is 1. The lowest BCUT2D eigenvalue weighted by molar-refractivity contribution is -0.129. The van der Waals surface area contributed by atoms with Crippen molar-refractivity contribution in [2.45, 2.75) is 12.3 Å². The predicted molar refractivity (Wildman–Crippen MR) is 111 cm³/mol. The quantitative estimate of drug-likeness (QED) is 0.740. The lowest BCUT2D eigenvalue weighted by Crippen LogP contribution is -2.47. The minimum Gasteiger partial charge on any atom is -0.497 e. The molecule has 4 rings (SSSR count). The number of hydrogen-bond acceptors (Lipinski definition) is 5. The molecule has 0 aliphatic carbocycles. The third-order valence-corrected chi connectivity index (χ3v) is 6.41. The van der Waals surface area contributed by atoms with Crippen LogP contribution in [0.2, 0.25) is 5.02 Å². The van der Waals surface area contributed by atoms with E-state index in [1.54, 1.807) is 12.0 Å². The van der Waals surface area contributed by atoms with Crippen LogP contribution in [0.5, 0.6) is 5.75 Å². The van der Waals surface area contributed by atoms with Gasteiger partial charge in [-0.1, -0.05) is 35.5 Å². The van der Waals surface area contributed by atoms with Crippen LogP contribution in [-0.2, 0) is 4.79 Å². The molecule has 2 aliphatic heterocycles. The molecule has 1 saturated heterocycles. The number of ether oxygens (including phenoxy) is 1. The zero-order valence-corrected chi connectivity index (χ0v) is 16.8. The number of fused-ring (bicyclic) bond motifs is 1. The summed E-state index contributed by atoms with van der Waals surface area (Å²) in [7, 11) is 1.62. The number of hydrogen-bond donors (Lipinski definition) is 0. The Labute approximate surface area is 173 Å². The van der Waals surface area contributed by atoms with Crippen molar-refractivity contribution in [2.24, 2.45) is 0 Å². The summed E-state index contributed by atoms with van der Waals surface area (Å²) in [5.74, 6) is 1.23. The number of allylic oxidation sites excluding steroid dienone is 1. The molecule has 28 heavy (non-hydrogen) atoms. The second-order valence-corrected chi connectivity index (χ2v) is 7.98. The van der Waals surface area contributed by atoms with Crippen LogP contribution >= 0.6 is 23.4 Å². The molecule has 1 amide bonds. The second kappa shape index (κ2) is 7.78. The van der Waals surface area contributed by atoms with Crippen molar-refractivity contribution >= 4 is 35.0 Å². The maximum Gasteiger partial charge on any atom is 0.229 e. The van der Waals surface area contributed by atoms with Crippen LogP contribution in [0.4, 0.5) is 5.69 Å². The SMILES string of the molecule is COc1ccc([C@H]2CC(=O)N3CN(c4ccc(Cl)cc4)CSC3=C2C#N)cc1. The van der Waals surface area contributed by atoms with Crippen molar-refractivity contribution in [3.05, 3.63) is 69.7 Å². The molecular formula is C21H18ClN3O2S. The Hall–Kier alpha value is -2.62. The molecule has 2 aromatic rings. The maximum atomic E-state index is 12.9. The molecule has 2 aliphatic rings. The fourth-order valence-electron chi connectivity index (χ4n) is 3.50. The van der Waals surface area contributed by atoms with Gasteiger partial charge in [-0.25, -0.2) is 0 Å². The zero-order chi connectivity index (χ0) is 19.7. The lowest BCUT2D eigenvalue weighted by atomic mass is 9.86. The van der Waals surface area contributed by atoms with Gasteiger partial charge in [0.1, 0.15) is 5.75 Å². The summed E-state index contributed by atoms with van der Waals surface area (Å²) in [5, 5.41) is 11.3. The van der Waals surface area contributed by atoms with E-state index in [9.17, 15) is 10.1 Å². The molecule has 142 valence electrons. The number of nitriles is 1. The van der Waals surface area contributed by atoms with E-state index in [0.29, 0.717) is 23.1 Å². The van der Waals surface area contributed by atoms with Gasteiger partial charge in [-0.15, -0.1) is 0 Å². The molecule has 1 fully saturated rings. The molecule has 0 radical (unpaired) electrons. The highest BCUT2D eigenvalue weighted by atomic mass is 35.5. The third-order valence-electron chi connectivity index (χ3n) is 5.00. The molecule has 0 saturated carbocycles. The summed E-state index contributed by atoms with van der Waals surface area (Å²) in [6, 6.07) is 17.5. The topological polar surface area (TPSA) is 56.6 Å². The fourth-order valence-corrected chi connectivity index (χ4v) is 4.79. The smallest absolute Gasteiger partial charge is 0.229 e. The van der Waals surface area contributed by atoms with Crippen molar-refractivity contribution in [3.8, 4) is 11.8 Å². The van der Waals surface area contributed by atoms with E-state index in [0.717, 1.165) is 22.0 Å². The van der Waals surface area contributed by atoms with Crippen LogP contribution in [0.1, 0.15) is 17.9 Å². The van der Waals surface area contributed by atoms with Crippen molar-refractivity contribution < 1.29 is 9.53 Å². The van der Waals surface area contributed by atoms with Crippen LogP contribution < -0.4 is 9.64 Å². The first-order valence-corrected chi connectivity index (χ1v) is 10.2. The van der Waals surface area contributed by atoms with Gasteiger partial charge in [-0.05, 0) is 42.0 Å². The van der Waals surface area contributed by atoms with E-state index in [1.165, 1.54) is 11.8 Å². The number of carbonyl (C=O) groups excluding carboxylic acids is 1. The van der Waals surface area contributed by atoms with Gasteiger partial charge in [0.15, 0.2) is 0 Å². The molecule has 7 heteroatoms. The van der Waals surface area contributed by atoms with Gasteiger partial charge in [0.05, 0.1) is 36.3 Å². The highest BCUT2D eigenvalue weighted by Crippen LogP contribution is 2.43. The van der Waals surface area contributed by atoms with Crippen LogP contribution in [0.3, 0.4) is 0 Å². The highest BCUT2D eigenvalue weighted by Gasteiger charge is 2.38. The van der Waals surface area contributed by atoms with Crippen LogP contribution in [0.15, 0.2) is 59.1 Å². The Kier molecular flexibility index (Phi) is 5.21. The molecule has 1 atom stereocenters. The number of thioether (sulfide) groups is 1. The van der Waals surface area contributed by atoms with Crippen LogP contribution in [-0.4, -0.2) is 30.5 Å². The highest BCUT2D eigenvalue weighted by molar-refractivity contribution is 8.03. The third kappa shape index (κ3) is 3.44. The van der Waals surface area contributed by atoms with Gasteiger partial charge in [-0.3, -0.25) is 9.69 Å². The second-order valence-electron chi connectivity index (χ2n) is 6.61. The molecule has 0 spiro atoms. The first-order chi connectivity index (χ1) is 13.6. The maximum absolute atomic E-state index is 12.9. The molecule has 2 aromatic carbocycles. The minimum absolute atomic E-state index is 0.0287. The van der Waals surface area contributed by atoms with Crippen LogP contribution in [0.25, 0.3) is 0 Å². The number of rotatable bonds is 3. The lowest BCUT2D eigenvalue weighted by Gasteiger charge is -2.42. The summed E-state index contributed by atoms with van der Waals surface area (Å²) in [5.41, 5.74) is 2.61. The Morgan fingerprint density at radius 1 is 1.18 bits per heavy atom. The monoisotopic (exact) mass is 411 g/mol. The summed E-state index contributed by atoms with van der Waals surface area (Å²) in [6.45, 7) is 0.434. The van der Waals surface area contributed by atoms with E-state index in [-0.39, 0.29) is 18.2 Å². The van der Waals surface area contributed by atoms with Gasteiger partial charge < -0.3 is 9.64 Å². The Morgan fingerprint density at radius 2 is 1.89 bits per heavy atom. The average Bonchev–Trinajstić information content (AvgIpc) is 2.74. The van der Waals surface area contributed by atoms with E-state index in [4.69, 9.17) is 16.3 Å². The standard InChI is InChI=1S/C21H18ClN3O2S/c1-27-17-8-2-14(3-9-17)18-10-20(26)25-12-24(13-28-21(25)19(18)11-23)16-6-4-15(22)5-7-16/h2-9,18H,10,12-13H2,1H3/t18-/m1/s1. The summed E-state index contributed by atoms with van der Waals surface area (Å²) in [4.78, 5) is 16.8. The normalized spacial score (nSPS) is 19.3. The van der Waals surface area contributed by atoms with E-state index in [1.807, 2.05) is 48.5 Å². The number of halogens is 1. The molecular weight excluding hydrogens is 394 g/mol. The molecule has 0 bridgehead atoms. The first-order valence-electron chi connectivity index (χ1n) is 8.82. The van der Waals surface area contributed by atoms with Gasteiger partial charge in [-0.2, -0.15) is 5.26 Å². The number of nitrogens with zero attached hydrogens (tertiary/aromatic N) is 3. The number of benzene rings is 2. The van der Waals surface area contributed by atoms with E-state index in [2.05, 4.69) is 11.0 Å². The zero-order valence-electron chi connectivity index (χ0n) is 15.3. The Balaban J connectivity index is 1.63. The predicted octanol–water partition coefficient (Wildman–Crippen LogP) is 4.57. The first kappa shape index (κ1) is 18.7. The molecule has 5 nitrogen and oxygen atoms in total. The van der Waals surface area contributed by atoms with Crippen molar-refractivity contribution in [1.29, 1.82) is 5.26 Å². The number of methoxy groups -OCH3 is 1. The van der Waals surface area contributed by atoms with Gasteiger partial charge >= 0.3 is 0 Å².